The van der Waals surface area contributed by atoms with E-state index in [1.807, 2.05) is 49.4 Å². The van der Waals surface area contributed by atoms with Gasteiger partial charge in [0.25, 0.3) is 0 Å². The Morgan fingerprint density at radius 1 is 1.20 bits per heavy atom. The van der Waals surface area contributed by atoms with Gasteiger partial charge in [0.15, 0.2) is 11.5 Å². The second-order valence-electron chi connectivity index (χ2n) is 7.52. The zero-order chi connectivity index (χ0) is 20.9. The molecule has 3 aromatic rings. The molecule has 5 nitrogen and oxygen atoms in total. The fourth-order valence-electron chi connectivity index (χ4n) is 3.69. The van der Waals surface area contributed by atoms with Crippen LogP contribution in [-0.4, -0.2) is 24.1 Å². The summed E-state index contributed by atoms with van der Waals surface area (Å²) < 4.78 is 12.7. The Morgan fingerprint density at radius 3 is 2.77 bits per heavy atom. The molecule has 6 heteroatoms. The lowest BCUT2D eigenvalue weighted by molar-refractivity contribution is -0.117. The zero-order valence-electron chi connectivity index (χ0n) is 17.3. The van der Waals surface area contributed by atoms with Crippen LogP contribution in [0.1, 0.15) is 49.2 Å². The van der Waals surface area contributed by atoms with E-state index < -0.39 is 0 Å². The predicted molar refractivity (Wildman–Crippen MR) is 121 cm³/mol. The third-order valence-electron chi connectivity index (χ3n) is 5.33. The number of carbonyl (C=O) groups excluding carboxylic acids is 1. The molecule has 0 bridgehead atoms. The summed E-state index contributed by atoms with van der Waals surface area (Å²) in [7, 11) is 1.64. The van der Waals surface area contributed by atoms with Crippen molar-refractivity contribution < 1.29 is 14.3 Å². The first-order valence-corrected chi connectivity index (χ1v) is 11.1. The molecule has 1 atom stereocenters. The van der Waals surface area contributed by atoms with Crippen LogP contribution in [0.5, 0.6) is 11.5 Å². The summed E-state index contributed by atoms with van der Waals surface area (Å²) in [6.07, 6.45) is 8.19. The second kappa shape index (κ2) is 9.30. The molecule has 30 heavy (non-hydrogen) atoms. The Morgan fingerprint density at radius 2 is 2.00 bits per heavy atom. The molecular weight excluding hydrogens is 396 g/mol. The summed E-state index contributed by atoms with van der Waals surface area (Å²) in [5, 5.41) is 3.81. The van der Waals surface area contributed by atoms with Crippen molar-refractivity contribution in [1.82, 2.24) is 10.3 Å². The minimum atomic E-state index is -0.160. The Hall–Kier alpha value is -2.86. The SMILES string of the molecule is COc1cc(C(C)NC(=O)/C=C/c2nc3ccccc3s2)ccc1OC1CCCC1. The molecule has 156 valence electrons. The van der Waals surface area contributed by atoms with E-state index in [0.717, 1.165) is 39.4 Å². The van der Waals surface area contributed by atoms with Crippen molar-refractivity contribution in [3.8, 4) is 11.5 Å². The molecule has 1 fully saturated rings. The number of thiazole rings is 1. The van der Waals surface area contributed by atoms with Crippen LogP contribution in [0.3, 0.4) is 0 Å². The van der Waals surface area contributed by atoms with E-state index >= 15 is 0 Å². The first kappa shape index (κ1) is 20.4. The molecule has 1 aliphatic carbocycles. The molecule has 0 aliphatic heterocycles. The quantitative estimate of drug-likeness (QED) is 0.510. The standard InChI is InChI=1S/C24H26N2O3S/c1-16(17-11-12-20(21(15-17)28-2)29-18-7-3-4-8-18)25-23(27)13-14-24-26-19-9-5-6-10-22(19)30-24/h5-6,9-16,18H,3-4,7-8H2,1-2H3,(H,25,27)/b14-13+. The van der Waals surface area contributed by atoms with Gasteiger partial charge in [0, 0.05) is 6.08 Å². The number of methoxy groups -OCH3 is 1. The molecule has 1 N–H and O–H groups in total. The number of hydrogen-bond acceptors (Lipinski definition) is 5. The van der Waals surface area contributed by atoms with E-state index in [1.54, 1.807) is 24.5 Å². The number of hydrogen-bond donors (Lipinski definition) is 1. The minimum Gasteiger partial charge on any atom is -0.493 e. The number of fused-ring (bicyclic) bond motifs is 1. The fourth-order valence-corrected chi connectivity index (χ4v) is 4.56. The van der Waals surface area contributed by atoms with Crippen LogP contribution in [0, 0.1) is 0 Å². The van der Waals surface area contributed by atoms with Gasteiger partial charge in [-0.2, -0.15) is 0 Å². The number of nitrogens with one attached hydrogen (secondary N) is 1. The van der Waals surface area contributed by atoms with Gasteiger partial charge in [-0.05, 0) is 68.5 Å². The highest BCUT2D eigenvalue weighted by atomic mass is 32.1. The van der Waals surface area contributed by atoms with Crippen LogP contribution >= 0.6 is 11.3 Å². The topological polar surface area (TPSA) is 60.5 Å². The predicted octanol–water partition coefficient (Wildman–Crippen LogP) is 5.52. The first-order chi connectivity index (χ1) is 14.6. The number of aromatic nitrogens is 1. The summed E-state index contributed by atoms with van der Waals surface area (Å²) in [6, 6.07) is 13.6. The van der Waals surface area contributed by atoms with Gasteiger partial charge in [-0.3, -0.25) is 4.79 Å². The lowest BCUT2D eigenvalue weighted by Crippen LogP contribution is -2.24. The van der Waals surface area contributed by atoms with Crippen molar-refractivity contribution in [1.29, 1.82) is 0 Å². The first-order valence-electron chi connectivity index (χ1n) is 10.3. The summed E-state index contributed by atoms with van der Waals surface area (Å²) in [4.78, 5) is 16.9. The maximum Gasteiger partial charge on any atom is 0.244 e. The molecule has 2 aromatic carbocycles. The minimum absolute atomic E-state index is 0.160. The number of benzene rings is 2. The maximum absolute atomic E-state index is 12.4. The van der Waals surface area contributed by atoms with E-state index in [4.69, 9.17) is 9.47 Å². The molecule has 1 aromatic heterocycles. The average molecular weight is 423 g/mol. The highest BCUT2D eigenvalue weighted by Gasteiger charge is 2.19. The van der Waals surface area contributed by atoms with Gasteiger partial charge in [0.1, 0.15) is 5.01 Å². The normalized spacial score (nSPS) is 15.5. The number of amides is 1. The third-order valence-corrected chi connectivity index (χ3v) is 6.33. The van der Waals surface area contributed by atoms with Crippen LogP contribution in [-0.2, 0) is 4.79 Å². The van der Waals surface area contributed by atoms with Gasteiger partial charge in [0.05, 0.1) is 29.5 Å². The van der Waals surface area contributed by atoms with E-state index in [9.17, 15) is 4.79 Å². The summed E-state index contributed by atoms with van der Waals surface area (Å²) in [5.41, 5.74) is 1.91. The maximum atomic E-state index is 12.4. The van der Waals surface area contributed by atoms with Crippen molar-refractivity contribution in [3.05, 3.63) is 59.1 Å². The van der Waals surface area contributed by atoms with Crippen LogP contribution in [0.2, 0.25) is 0 Å². The zero-order valence-corrected chi connectivity index (χ0v) is 18.1. The number of carbonyl (C=O) groups is 1. The smallest absolute Gasteiger partial charge is 0.244 e. The molecule has 4 rings (SSSR count). The van der Waals surface area contributed by atoms with Crippen molar-refractivity contribution in [3.63, 3.8) is 0 Å². The molecule has 1 aliphatic rings. The van der Waals surface area contributed by atoms with Crippen molar-refractivity contribution in [2.45, 2.75) is 44.8 Å². The van der Waals surface area contributed by atoms with E-state index in [1.165, 1.54) is 18.9 Å². The van der Waals surface area contributed by atoms with Gasteiger partial charge in [-0.25, -0.2) is 4.98 Å². The fraction of sp³-hybridized carbons (Fsp3) is 0.333. The number of ether oxygens (including phenoxy) is 2. The number of rotatable bonds is 7. The van der Waals surface area contributed by atoms with E-state index in [0.29, 0.717) is 5.75 Å². The molecule has 1 unspecified atom stereocenters. The van der Waals surface area contributed by atoms with Gasteiger partial charge in [-0.15, -0.1) is 11.3 Å². The lowest BCUT2D eigenvalue weighted by Gasteiger charge is -2.19. The van der Waals surface area contributed by atoms with Gasteiger partial charge < -0.3 is 14.8 Å². The van der Waals surface area contributed by atoms with Gasteiger partial charge >= 0.3 is 0 Å². The van der Waals surface area contributed by atoms with Crippen LogP contribution in [0.15, 0.2) is 48.5 Å². The molecule has 0 spiro atoms. The molecule has 1 saturated carbocycles. The highest BCUT2D eigenvalue weighted by molar-refractivity contribution is 7.19. The van der Waals surface area contributed by atoms with Crippen LogP contribution in [0.25, 0.3) is 16.3 Å². The monoisotopic (exact) mass is 422 g/mol. The molecule has 0 saturated heterocycles. The highest BCUT2D eigenvalue weighted by Crippen LogP contribution is 2.33. The molecule has 1 amide bonds. The van der Waals surface area contributed by atoms with Gasteiger partial charge in [0.2, 0.25) is 5.91 Å². The molecule has 0 radical (unpaired) electrons. The third kappa shape index (κ3) is 4.82. The lowest BCUT2D eigenvalue weighted by atomic mass is 10.1. The summed E-state index contributed by atoms with van der Waals surface area (Å²) >= 11 is 1.57. The summed E-state index contributed by atoms with van der Waals surface area (Å²) in [6.45, 7) is 1.95. The van der Waals surface area contributed by atoms with Crippen molar-refractivity contribution in [2.75, 3.05) is 7.11 Å². The Bertz CT molecular complexity index is 1020. The Balaban J connectivity index is 1.39. The molecule has 1 heterocycles. The van der Waals surface area contributed by atoms with E-state index in [2.05, 4.69) is 10.3 Å². The second-order valence-corrected chi connectivity index (χ2v) is 8.58. The van der Waals surface area contributed by atoms with Crippen LogP contribution in [0.4, 0.5) is 0 Å². The molecular formula is C24H26N2O3S. The number of nitrogens with zero attached hydrogens (tertiary/aromatic N) is 1. The van der Waals surface area contributed by atoms with E-state index in [-0.39, 0.29) is 18.1 Å². The van der Waals surface area contributed by atoms with Crippen molar-refractivity contribution in [2.24, 2.45) is 0 Å². The Labute approximate surface area is 180 Å². The largest absolute Gasteiger partial charge is 0.493 e. The average Bonchev–Trinajstić information content (AvgIpc) is 3.41. The van der Waals surface area contributed by atoms with Crippen LogP contribution < -0.4 is 14.8 Å². The Kier molecular flexibility index (Phi) is 6.33. The summed E-state index contributed by atoms with van der Waals surface area (Å²) in [5.74, 6) is 1.31. The number of para-hydroxylation sites is 1. The van der Waals surface area contributed by atoms with Crippen molar-refractivity contribution >= 4 is 33.5 Å². The van der Waals surface area contributed by atoms with Gasteiger partial charge in [-0.1, -0.05) is 18.2 Å².